The third-order valence-corrected chi connectivity index (χ3v) is 6.60. The first-order chi connectivity index (χ1) is 17.5. The fourth-order valence-corrected chi connectivity index (χ4v) is 4.80. The Balaban J connectivity index is 1.45. The van der Waals surface area contributed by atoms with Crippen LogP contribution in [0, 0.1) is 5.92 Å². The first-order valence-corrected chi connectivity index (χ1v) is 13.2. The topological polar surface area (TPSA) is 60.5 Å². The van der Waals surface area contributed by atoms with E-state index >= 15 is 0 Å². The standard InChI is InChI=1S/C29H40N2O5/c1-22(2)18-31(19-23-11-12-26-27(17-23)35-15-8-4-7-14-34-26)29(32)28-21-30(13-16-36-28)20-24-9-5-6-10-25(24)33-3/h5-6,9-12,17,22,28H,4,7-8,13-16,18-21H2,1-3H3. The summed E-state index contributed by atoms with van der Waals surface area (Å²) in [5.41, 5.74) is 2.15. The van der Waals surface area contributed by atoms with Gasteiger partial charge in [-0.15, -0.1) is 0 Å². The lowest BCUT2D eigenvalue weighted by atomic mass is 10.1. The van der Waals surface area contributed by atoms with E-state index < -0.39 is 6.10 Å². The molecule has 1 saturated heterocycles. The van der Waals surface area contributed by atoms with Gasteiger partial charge in [0.1, 0.15) is 11.9 Å². The van der Waals surface area contributed by atoms with Gasteiger partial charge in [-0.3, -0.25) is 9.69 Å². The molecule has 7 nitrogen and oxygen atoms in total. The number of ether oxygens (including phenoxy) is 4. The van der Waals surface area contributed by atoms with E-state index in [9.17, 15) is 4.79 Å². The third kappa shape index (κ3) is 7.14. The van der Waals surface area contributed by atoms with Gasteiger partial charge >= 0.3 is 0 Å². The molecule has 0 radical (unpaired) electrons. The lowest BCUT2D eigenvalue weighted by Gasteiger charge is -2.35. The fourth-order valence-electron chi connectivity index (χ4n) is 4.80. The van der Waals surface area contributed by atoms with Crippen molar-refractivity contribution in [3.05, 3.63) is 53.6 Å². The summed E-state index contributed by atoms with van der Waals surface area (Å²) in [7, 11) is 1.69. The van der Waals surface area contributed by atoms with E-state index in [4.69, 9.17) is 18.9 Å². The highest BCUT2D eigenvalue weighted by Gasteiger charge is 2.31. The van der Waals surface area contributed by atoms with Crippen molar-refractivity contribution in [2.75, 3.05) is 46.6 Å². The van der Waals surface area contributed by atoms with Gasteiger partial charge in [0, 0.05) is 38.3 Å². The van der Waals surface area contributed by atoms with E-state index in [-0.39, 0.29) is 5.91 Å². The average Bonchev–Trinajstić information content (AvgIpc) is 3.00. The number of morpholine rings is 1. The molecule has 0 saturated carbocycles. The maximum Gasteiger partial charge on any atom is 0.253 e. The summed E-state index contributed by atoms with van der Waals surface area (Å²) >= 11 is 0. The van der Waals surface area contributed by atoms with Crippen LogP contribution in [0.4, 0.5) is 0 Å². The highest BCUT2D eigenvalue weighted by atomic mass is 16.5. The van der Waals surface area contributed by atoms with E-state index in [0.717, 1.165) is 60.7 Å². The molecule has 2 aromatic rings. The minimum Gasteiger partial charge on any atom is -0.496 e. The van der Waals surface area contributed by atoms with Crippen molar-refractivity contribution < 1.29 is 23.7 Å². The lowest BCUT2D eigenvalue weighted by molar-refractivity contribution is -0.151. The number of carbonyl (C=O) groups excluding carboxylic acids is 1. The predicted molar refractivity (Wildman–Crippen MR) is 140 cm³/mol. The SMILES string of the molecule is COc1ccccc1CN1CCOC(C(=O)N(Cc2ccc3c(c2)OCCCCCO3)CC(C)C)C1. The Bertz CT molecular complexity index is 995. The molecule has 4 rings (SSSR count). The maximum absolute atomic E-state index is 13.7. The Kier molecular flexibility index (Phi) is 9.47. The Morgan fingerprint density at radius 3 is 2.61 bits per heavy atom. The van der Waals surface area contributed by atoms with E-state index in [2.05, 4.69) is 24.8 Å². The van der Waals surface area contributed by atoms with Gasteiger partial charge in [0.05, 0.1) is 26.9 Å². The van der Waals surface area contributed by atoms with Crippen molar-refractivity contribution in [2.24, 2.45) is 5.92 Å². The van der Waals surface area contributed by atoms with Gasteiger partial charge in [-0.25, -0.2) is 0 Å². The molecule has 1 amide bonds. The van der Waals surface area contributed by atoms with Crippen molar-refractivity contribution in [3.63, 3.8) is 0 Å². The summed E-state index contributed by atoms with van der Waals surface area (Å²) in [6.07, 6.45) is 2.68. The molecule has 2 aromatic carbocycles. The molecule has 7 heteroatoms. The fraction of sp³-hybridized carbons (Fsp3) is 0.552. The molecule has 36 heavy (non-hydrogen) atoms. The number of methoxy groups -OCH3 is 1. The molecular formula is C29H40N2O5. The molecule has 2 heterocycles. The van der Waals surface area contributed by atoms with Crippen LogP contribution < -0.4 is 14.2 Å². The second kappa shape index (κ2) is 13.0. The average molecular weight is 497 g/mol. The van der Waals surface area contributed by atoms with E-state index in [1.807, 2.05) is 41.3 Å². The summed E-state index contributed by atoms with van der Waals surface area (Å²) < 4.78 is 23.4. The number of fused-ring (bicyclic) bond motifs is 1. The van der Waals surface area contributed by atoms with Crippen LogP contribution >= 0.6 is 0 Å². The number of rotatable bonds is 8. The molecular weight excluding hydrogens is 456 g/mol. The van der Waals surface area contributed by atoms with Gasteiger partial charge in [0.15, 0.2) is 11.5 Å². The van der Waals surface area contributed by atoms with E-state index in [1.165, 1.54) is 0 Å². The quantitative estimate of drug-likeness (QED) is 0.536. The Labute approximate surface area is 215 Å². The highest BCUT2D eigenvalue weighted by molar-refractivity contribution is 5.81. The second-order valence-corrected chi connectivity index (χ2v) is 10.1. The largest absolute Gasteiger partial charge is 0.496 e. The van der Waals surface area contributed by atoms with Crippen LogP contribution in [-0.4, -0.2) is 68.4 Å². The summed E-state index contributed by atoms with van der Waals surface area (Å²) in [5, 5.41) is 0. The lowest BCUT2D eigenvalue weighted by Crippen LogP contribution is -2.51. The zero-order valence-corrected chi connectivity index (χ0v) is 21.9. The number of carbonyl (C=O) groups is 1. The molecule has 1 unspecified atom stereocenters. The van der Waals surface area contributed by atoms with E-state index in [0.29, 0.717) is 45.4 Å². The molecule has 0 aromatic heterocycles. The summed E-state index contributed by atoms with van der Waals surface area (Å²) in [6, 6.07) is 14.1. The molecule has 1 fully saturated rings. The molecule has 0 bridgehead atoms. The molecule has 2 aliphatic heterocycles. The Morgan fingerprint density at radius 1 is 1.06 bits per heavy atom. The normalized spacial score (nSPS) is 18.7. The zero-order valence-electron chi connectivity index (χ0n) is 21.9. The number of hydrogen-bond donors (Lipinski definition) is 0. The van der Waals surface area contributed by atoms with Crippen molar-refractivity contribution in [1.82, 2.24) is 9.80 Å². The number of para-hydroxylation sites is 1. The van der Waals surface area contributed by atoms with Crippen molar-refractivity contribution >= 4 is 5.91 Å². The maximum atomic E-state index is 13.7. The number of hydrogen-bond acceptors (Lipinski definition) is 6. The first-order valence-electron chi connectivity index (χ1n) is 13.2. The first kappa shape index (κ1) is 26.3. The van der Waals surface area contributed by atoms with Crippen LogP contribution in [0.2, 0.25) is 0 Å². The van der Waals surface area contributed by atoms with Crippen molar-refractivity contribution in [3.8, 4) is 17.2 Å². The molecule has 2 aliphatic rings. The summed E-state index contributed by atoms with van der Waals surface area (Å²) in [4.78, 5) is 17.9. The minimum absolute atomic E-state index is 0.0362. The number of nitrogens with zero attached hydrogens (tertiary/aromatic N) is 2. The monoisotopic (exact) mass is 496 g/mol. The summed E-state index contributed by atoms with van der Waals surface area (Å²) in [5.74, 6) is 2.80. The van der Waals surface area contributed by atoms with Crippen molar-refractivity contribution in [2.45, 2.75) is 52.3 Å². The van der Waals surface area contributed by atoms with Crippen LogP contribution in [0.3, 0.4) is 0 Å². The summed E-state index contributed by atoms with van der Waals surface area (Å²) in [6.45, 7) is 9.45. The number of benzene rings is 2. The second-order valence-electron chi connectivity index (χ2n) is 10.1. The van der Waals surface area contributed by atoms with Crippen LogP contribution in [0.15, 0.2) is 42.5 Å². The van der Waals surface area contributed by atoms with Gasteiger partial charge in [0.25, 0.3) is 5.91 Å². The Morgan fingerprint density at radius 2 is 1.83 bits per heavy atom. The van der Waals surface area contributed by atoms with Gasteiger partial charge < -0.3 is 23.8 Å². The minimum atomic E-state index is -0.486. The van der Waals surface area contributed by atoms with E-state index in [1.54, 1.807) is 7.11 Å². The molecule has 1 atom stereocenters. The zero-order chi connectivity index (χ0) is 25.3. The Hall–Kier alpha value is -2.77. The van der Waals surface area contributed by atoms with Gasteiger partial charge in [-0.1, -0.05) is 38.1 Å². The molecule has 196 valence electrons. The van der Waals surface area contributed by atoms with Crippen LogP contribution in [0.5, 0.6) is 17.2 Å². The smallest absolute Gasteiger partial charge is 0.253 e. The molecule has 0 N–H and O–H groups in total. The van der Waals surface area contributed by atoms with Crippen LogP contribution in [0.1, 0.15) is 44.2 Å². The van der Waals surface area contributed by atoms with Crippen LogP contribution in [-0.2, 0) is 22.6 Å². The van der Waals surface area contributed by atoms with Gasteiger partial charge in [-0.05, 0) is 48.9 Å². The number of amides is 1. The third-order valence-electron chi connectivity index (χ3n) is 6.60. The van der Waals surface area contributed by atoms with Gasteiger partial charge in [0.2, 0.25) is 0 Å². The van der Waals surface area contributed by atoms with Crippen LogP contribution in [0.25, 0.3) is 0 Å². The highest BCUT2D eigenvalue weighted by Crippen LogP contribution is 2.31. The van der Waals surface area contributed by atoms with Crippen molar-refractivity contribution in [1.29, 1.82) is 0 Å². The predicted octanol–water partition coefficient (Wildman–Crippen LogP) is 4.52. The molecule has 0 aliphatic carbocycles. The van der Waals surface area contributed by atoms with Gasteiger partial charge in [-0.2, -0.15) is 0 Å². The molecule has 0 spiro atoms.